The van der Waals surface area contributed by atoms with E-state index in [9.17, 15) is 0 Å². The molecule has 18 heteroatoms. The Morgan fingerprint density at radius 1 is 0.214 bits per heavy atom. The van der Waals surface area contributed by atoms with Crippen molar-refractivity contribution in [3.63, 3.8) is 0 Å². The van der Waals surface area contributed by atoms with Gasteiger partial charge in [0.15, 0.2) is 0 Å². The Balaban J connectivity index is 0. The zero-order valence-corrected chi connectivity index (χ0v) is 28.3. The van der Waals surface area contributed by atoms with Gasteiger partial charge in [-0.3, -0.25) is 0 Å². The standard InChI is InChI=1S/8C3H3N2.2Ta/c8*1-2-4-5-3-1;;/h8*1-3H;;/q8*-1;;. The molecule has 0 spiro atoms. The van der Waals surface area contributed by atoms with E-state index in [0.717, 1.165) is 0 Å². The third-order valence-electron chi connectivity index (χ3n) is 2.98. The maximum atomic E-state index is 3.47. The van der Waals surface area contributed by atoms with Crippen molar-refractivity contribution in [2.24, 2.45) is 0 Å². The Kier molecular flexibility index (Phi) is 33.8. The molecule has 0 N–H and O–H groups in total. The molecule has 0 aliphatic heterocycles. The molecule has 8 heterocycles. The Labute approximate surface area is 272 Å². The second-order valence-corrected chi connectivity index (χ2v) is 5.77. The van der Waals surface area contributed by atoms with Crippen LogP contribution in [0, 0.1) is 0 Å². The van der Waals surface area contributed by atoms with Gasteiger partial charge in [-0.25, -0.2) is 0 Å². The van der Waals surface area contributed by atoms with Gasteiger partial charge in [0.1, 0.15) is 0 Å². The minimum absolute atomic E-state index is 0. The van der Waals surface area contributed by atoms with Crippen LogP contribution in [0.5, 0.6) is 0 Å². The Hall–Kier alpha value is -4.84. The molecule has 0 atom stereocenters. The van der Waals surface area contributed by atoms with Crippen molar-refractivity contribution < 1.29 is 44.8 Å². The minimum atomic E-state index is 0. The van der Waals surface area contributed by atoms with E-state index in [4.69, 9.17) is 0 Å². The predicted molar refractivity (Wildman–Crippen MR) is 140 cm³/mol. The molecule has 0 aliphatic rings. The fourth-order valence-corrected chi connectivity index (χ4v) is 1.54. The minimum Gasteiger partial charge on any atom is -0.582 e. The van der Waals surface area contributed by atoms with Gasteiger partial charge >= 0.3 is 0 Å². The van der Waals surface area contributed by atoms with Gasteiger partial charge in [0.2, 0.25) is 0 Å². The largest absolute Gasteiger partial charge is 0.582 e. The molecule has 8 rings (SSSR count). The fraction of sp³-hybridized carbons (Fsp3) is 0. The molecule has 0 fully saturated rings. The molecule has 2 radical (unpaired) electrons. The molecule has 0 amide bonds. The summed E-state index contributed by atoms with van der Waals surface area (Å²) in [6, 6.07) is 14.2. The van der Waals surface area contributed by atoms with E-state index in [1.807, 2.05) is 0 Å². The quantitative estimate of drug-likeness (QED) is 0.200. The average Bonchev–Trinajstić information content (AvgIpc) is 3.95. The van der Waals surface area contributed by atoms with Crippen molar-refractivity contribution in [3.8, 4) is 0 Å². The smallest absolute Gasteiger partial charge is 0.00194 e. The summed E-state index contributed by atoms with van der Waals surface area (Å²) in [6.07, 6.45) is 26.2. The van der Waals surface area contributed by atoms with Gasteiger partial charge in [0, 0.05) is 94.3 Å². The van der Waals surface area contributed by atoms with Gasteiger partial charge < -0.3 is 81.6 Å². The van der Waals surface area contributed by atoms with Gasteiger partial charge in [0.05, 0.1) is 0 Å². The summed E-state index contributed by atoms with van der Waals surface area (Å²) in [5, 5.41) is 55.6. The number of nitrogens with zero attached hydrogens (tertiary/aromatic N) is 16. The number of aromatic nitrogens is 16. The first-order valence-electron chi connectivity index (χ1n) is 11.1. The van der Waals surface area contributed by atoms with Crippen molar-refractivity contribution in [1.82, 2.24) is 81.6 Å². The zero-order chi connectivity index (χ0) is 28.3. The van der Waals surface area contributed by atoms with E-state index in [2.05, 4.69) is 81.6 Å². The van der Waals surface area contributed by atoms with Gasteiger partial charge in [0.25, 0.3) is 0 Å². The van der Waals surface area contributed by atoms with Crippen molar-refractivity contribution in [1.29, 1.82) is 0 Å². The van der Waals surface area contributed by atoms with Crippen LogP contribution < -0.4 is 40.8 Å². The topological polar surface area (TPSA) is 216 Å². The summed E-state index contributed by atoms with van der Waals surface area (Å²) in [5.74, 6) is 0. The van der Waals surface area contributed by atoms with E-state index in [-0.39, 0.29) is 44.8 Å². The molecule has 0 aliphatic carbocycles. The van der Waals surface area contributed by atoms with Crippen LogP contribution in [0.4, 0.5) is 0 Å². The molecule has 0 bridgehead atoms. The van der Waals surface area contributed by atoms with E-state index in [1.54, 1.807) is 148 Å². The van der Waals surface area contributed by atoms with Crippen LogP contribution in [0.25, 0.3) is 0 Å². The van der Waals surface area contributed by atoms with Crippen molar-refractivity contribution in [2.75, 3.05) is 0 Å². The molecule has 42 heavy (non-hydrogen) atoms. The van der Waals surface area contributed by atoms with E-state index in [1.165, 1.54) is 0 Å². The molecule has 0 saturated carbocycles. The first-order valence-corrected chi connectivity index (χ1v) is 11.1. The van der Waals surface area contributed by atoms with Crippen LogP contribution in [-0.4, -0.2) is 40.8 Å². The first-order chi connectivity index (χ1) is 20.0. The molecule has 8 aromatic heterocycles. The van der Waals surface area contributed by atoms with E-state index < -0.39 is 0 Å². The maximum Gasteiger partial charge on any atom is 0.00194 e. The normalized spacial score (nSPS) is 7.62. The third-order valence-corrected chi connectivity index (χ3v) is 2.98. The summed E-state index contributed by atoms with van der Waals surface area (Å²) >= 11 is 0. The monoisotopic (exact) mass is 898 g/mol. The number of hydrogen-bond donors (Lipinski definition) is 0. The summed E-state index contributed by atoms with van der Waals surface area (Å²) in [6.45, 7) is 0. The molecule has 0 saturated heterocycles. The Bertz CT molecular complexity index is 818. The fourth-order valence-electron chi connectivity index (χ4n) is 1.54. The van der Waals surface area contributed by atoms with Crippen LogP contribution in [0.2, 0.25) is 0 Å². The SMILES string of the molecule is [Ta].[Ta].c1cn[n-]c1.c1cn[n-]c1.c1cn[n-]c1.c1cn[n-]c1.c1cn[n-]c1.c1cn[n-]c1.c1cn[n-]c1.c1cn[n-]c1. The van der Waals surface area contributed by atoms with E-state index in [0.29, 0.717) is 0 Å². The van der Waals surface area contributed by atoms with Gasteiger partial charge in [-0.15, -0.1) is 0 Å². The Morgan fingerprint density at radius 2 is 0.333 bits per heavy atom. The molecular formula is C24H24N16Ta2-8. The van der Waals surface area contributed by atoms with Crippen LogP contribution in [0.1, 0.15) is 0 Å². The van der Waals surface area contributed by atoms with Crippen LogP contribution >= 0.6 is 0 Å². The van der Waals surface area contributed by atoms with Crippen molar-refractivity contribution in [3.05, 3.63) is 148 Å². The van der Waals surface area contributed by atoms with Gasteiger partial charge in [-0.2, -0.15) is 49.6 Å². The van der Waals surface area contributed by atoms with Crippen LogP contribution in [0.3, 0.4) is 0 Å². The number of hydrogen-bond acceptors (Lipinski definition) is 8. The second kappa shape index (κ2) is 36.2. The van der Waals surface area contributed by atoms with Crippen LogP contribution in [0.15, 0.2) is 148 Å². The van der Waals surface area contributed by atoms with E-state index >= 15 is 0 Å². The molecule has 16 nitrogen and oxygen atoms in total. The summed E-state index contributed by atoms with van der Waals surface area (Å²) in [7, 11) is 0. The van der Waals surface area contributed by atoms with Crippen molar-refractivity contribution in [2.45, 2.75) is 0 Å². The van der Waals surface area contributed by atoms with Gasteiger partial charge in [-0.05, 0) is 0 Å². The predicted octanol–water partition coefficient (Wildman–Crippen LogP) is 0.305. The Morgan fingerprint density at radius 3 is 0.357 bits per heavy atom. The second-order valence-electron chi connectivity index (χ2n) is 5.77. The van der Waals surface area contributed by atoms with Crippen molar-refractivity contribution >= 4 is 0 Å². The summed E-state index contributed by atoms with van der Waals surface area (Å²) in [4.78, 5) is 0. The zero-order valence-electron chi connectivity index (χ0n) is 21.9. The molecular weight excluding hydrogens is 874 g/mol. The average molecular weight is 898 g/mol. The first kappa shape index (κ1) is 39.3. The molecule has 8 aromatic rings. The van der Waals surface area contributed by atoms with Crippen LogP contribution in [-0.2, 0) is 44.8 Å². The summed E-state index contributed by atoms with van der Waals surface area (Å²) in [5.41, 5.74) is 0. The summed E-state index contributed by atoms with van der Waals surface area (Å²) < 4.78 is 0. The molecule has 218 valence electrons. The number of rotatable bonds is 0. The molecule has 0 unspecified atom stereocenters. The molecule has 0 aromatic carbocycles. The van der Waals surface area contributed by atoms with Gasteiger partial charge in [-0.1, -0.05) is 48.5 Å². The third kappa shape index (κ3) is 33.2. The maximum absolute atomic E-state index is 3.47.